The van der Waals surface area contributed by atoms with Gasteiger partial charge in [0.05, 0.1) is 13.2 Å². The van der Waals surface area contributed by atoms with Gasteiger partial charge in [-0.3, -0.25) is 0 Å². The molecule has 0 bridgehead atoms. The lowest BCUT2D eigenvalue weighted by Gasteiger charge is -2.15. The zero-order valence-corrected chi connectivity index (χ0v) is 15.3. The molecule has 0 spiro atoms. The number of benzene rings is 1. The van der Waals surface area contributed by atoms with Crippen LogP contribution in [-0.2, 0) is 0 Å². The van der Waals surface area contributed by atoms with E-state index in [1.165, 1.54) is 5.56 Å². The van der Waals surface area contributed by atoms with E-state index in [0.717, 1.165) is 12.3 Å². The van der Waals surface area contributed by atoms with E-state index in [4.69, 9.17) is 9.84 Å². The molecule has 0 heterocycles. The number of aliphatic hydroxyl groups excluding tert-OH is 1. The number of aliphatic hydroxyl groups is 1. The van der Waals surface area contributed by atoms with E-state index in [2.05, 4.69) is 15.6 Å². The second-order valence-electron chi connectivity index (χ2n) is 4.61. The van der Waals surface area contributed by atoms with Gasteiger partial charge in [-0.05, 0) is 38.5 Å². The van der Waals surface area contributed by atoms with Crippen molar-refractivity contribution in [3.63, 3.8) is 0 Å². The van der Waals surface area contributed by atoms with Gasteiger partial charge in [-0.1, -0.05) is 12.1 Å². The first-order chi connectivity index (χ1) is 9.65. The van der Waals surface area contributed by atoms with Crippen LogP contribution in [-0.4, -0.2) is 43.4 Å². The maximum absolute atomic E-state index is 8.81. The molecule has 0 aliphatic rings. The fourth-order valence-corrected chi connectivity index (χ4v) is 1.69. The number of guanidine groups is 1. The quantitative estimate of drug-likeness (QED) is 0.367. The fraction of sp³-hybridized carbons (Fsp3) is 0.533. The number of rotatable bonds is 7. The lowest BCUT2D eigenvalue weighted by Crippen LogP contribution is -2.39. The van der Waals surface area contributed by atoms with Crippen LogP contribution in [0.5, 0.6) is 5.75 Å². The Hall–Kier alpha value is -1.02. The number of hydrogen-bond donors (Lipinski definition) is 3. The Balaban J connectivity index is 0.00000400. The van der Waals surface area contributed by atoms with E-state index >= 15 is 0 Å². The molecule has 0 fully saturated rings. The molecule has 0 saturated carbocycles. The van der Waals surface area contributed by atoms with Crippen molar-refractivity contribution in [1.82, 2.24) is 10.6 Å². The summed E-state index contributed by atoms with van der Waals surface area (Å²) in [5.74, 6) is 1.56. The first-order valence-electron chi connectivity index (χ1n) is 7.02. The average Bonchev–Trinajstić information content (AvgIpc) is 2.42. The monoisotopic (exact) mass is 407 g/mol. The number of ether oxygens (including phenoxy) is 1. The van der Waals surface area contributed by atoms with Gasteiger partial charge in [-0.25, -0.2) is 4.99 Å². The van der Waals surface area contributed by atoms with Crippen LogP contribution in [0.25, 0.3) is 0 Å². The molecule has 3 N–H and O–H groups in total. The Labute approximate surface area is 144 Å². The van der Waals surface area contributed by atoms with E-state index in [1.54, 1.807) is 0 Å². The third-order valence-corrected chi connectivity index (χ3v) is 2.58. The van der Waals surface area contributed by atoms with Crippen LogP contribution in [0.15, 0.2) is 29.3 Å². The molecule has 6 heteroatoms. The van der Waals surface area contributed by atoms with Crippen molar-refractivity contribution < 1.29 is 9.84 Å². The van der Waals surface area contributed by atoms with Crippen LogP contribution in [0.2, 0.25) is 0 Å². The molecule has 21 heavy (non-hydrogen) atoms. The van der Waals surface area contributed by atoms with Crippen molar-refractivity contribution in [1.29, 1.82) is 0 Å². The highest BCUT2D eigenvalue weighted by Gasteiger charge is 2.04. The van der Waals surface area contributed by atoms with Gasteiger partial charge in [0.1, 0.15) is 11.9 Å². The molecule has 0 radical (unpaired) electrons. The van der Waals surface area contributed by atoms with Gasteiger partial charge in [0.15, 0.2) is 5.96 Å². The number of aryl methyl sites for hydroxylation is 1. The third kappa shape index (κ3) is 8.77. The largest absolute Gasteiger partial charge is 0.489 e. The number of nitrogens with one attached hydrogen (secondary N) is 2. The Morgan fingerprint density at radius 3 is 2.76 bits per heavy atom. The topological polar surface area (TPSA) is 65.9 Å². The van der Waals surface area contributed by atoms with Crippen LogP contribution in [0.3, 0.4) is 0 Å². The SMILES string of the molecule is CCNC(=NCC(C)Oc1cccc(C)c1)NCCO.I. The summed E-state index contributed by atoms with van der Waals surface area (Å²) < 4.78 is 5.82. The smallest absolute Gasteiger partial charge is 0.191 e. The Morgan fingerprint density at radius 2 is 2.14 bits per heavy atom. The maximum Gasteiger partial charge on any atom is 0.191 e. The minimum Gasteiger partial charge on any atom is -0.489 e. The second-order valence-corrected chi connectivity index (χ2v) is 4.61. The summed E-state index contributed by atoms with van der Waals surface area (Å²) in [6.07, 6.45) is -0.0126. The predicted octanol–water partition coefficient (Wildman–Crippen LogP) is 1.93. The molecule has 0 saturated heterocycles. The molecule has 0 aromatic heterocycles. The lowest BCUT2D eigenvalue weighted by molar-refractivity contribution is 0.230. The summed E-state index contributed by atoms with van der Waals surface area (Å²) in [6, 6.07) is 7.98. The molecule has 0 aliphatic heterocycles. The highest BCUT2D eigenvalue weighted by molar-refractivity contribution is 14.0. The van der Waals surface area contributed by atoms with Crippen molar-refractivity contribution in [3.8, 4) is 5.75 Å². The highest BCUT2D eigenvalue weighted by Crippen LogP contribution is 2.14. The van der Waals surface area contributed by atoms with E-state index in [1.807, 2.05) is 45.0 Å². The molecule has 0 amide bonds. The second kappa shape index (κ2) is 11.6. The van der Waals surface area contributed by atoms with Crippen molar-refractivity contribution in [2.24, 2.45) is 4.99 Å². The summed E-state index contributed by atoms with van der Waals surface area (Å²) >= 11 is 0. The van der Waals surface area contributed by atoms with Crippen molar-refractivity contribution >= 4 is 29.9 Å². The zero-order chi connectivity index (χ0) is 14.8. The predicted molar refractivity (Wildman–Crippen MR) is 97.8 cm³/mol. The third-order valence-electron chi connectivity index (χ3n) is 2.58. The molecule has 1 unspecified atom stereocenters. The normalized spacial score (nSPS) is 12.3. The fourth-order valence-electron chi connectivity index (χ4n) is 1.69. The molecule has 5 nitrogen and oxygen atoms in total. The Morgan fingerprint density at radius 1 is 1.38 bits per heavy atom. The van der Waals surface area contributed by atoms with Gasteiger partial charge in [-0.15, -0.1) is 24.0 Å². The molecule has 0 aliphatic carbocycles. The molecular weight excluding hydrogens is 381 g/mol. The summed E-state index contributed by atoms with van der Waals surface area (Å²) in [6.45, 7) is 7.93. The molecule has 1 aromatic rings. The van der Waals surface area contributed by atoms with Crippen LogP contribution >= 0.6 is 24.0 Å². The molecule has 1 aromatic carbocycles. The summed E-state index contributed by atoms with van der Waals surface area (Å²) in [4.78, 5) is 4.43. The van der Waals surface area contributed by atoms with Gasteiger partial charge in [-0.2, -0.15) is 0 Å². The Kier molecular flexibility index (Phi) is 11.1. The molecular formula is C15H26IN3O2. The van der Waals surface area contributed by atoms with Crippen LogP contribution in [0, 0.1) is 6.92 Å². The first-order valence-corrected chi connectivity index (χ1v) is 7.02. The summed E-state index contributed by atoms with van der Waals surface area (Å²) in [5, 5.41) is 15.0. The summed E-state index contributed by atoms with van der Waals surface area (Å²) in [7, 11) is 0. The minimum absolute atomic E-state index is 0. The van der Waals surface area contributed by atoms with Crippen molar-refractivity contribution in [3.05, 3.63) is 29.8 Å². The molecule has 1 atom stereocenters. The van der Waals surface area contributed by atoms with Crippen LogP contribution < -0.4 is 15.4 Å². The number of halogens is 1. The van der Waals surface area contributed by atoms with Gasteiger partial charge in [0, 0.05) is 13.1 Å². The maximum atomic E-state index is 8.81. The van der Waals surface area contributed by atoms with Gasteiger partial charge < -0.3 is 20.5 Å². The molecule has 1 rings (SSSR count). The van der Waals surface area contributed by atoms with E-state index in [0.29, 0.717) is 19.0 Å². The minimum atomic E-state index is -0.0126. The zero-order valence-electron chi connectivity index (χ0n) is 12.9. The molecule has 120 valence electrons. The highest BCUT2D eigenvalue weighted by atomic mass is 127. The van der Waals surface area contributed by atoms with Gasteiger partial charge in [0.25, 0.3) is 0 Å². The number of hydrogen-bond acceptors (Lipinski definition) is 3. The van der Waals surface area contributed by atoms with Crippen LogP contribution in [0.1, 0.15) is 19.4 Å². The van der Waals surface area contributed by atoms with Crippen LogP contribution in [0.4, 0.5) is 0 Å². The number of nitrogens with zero attached hydrogens (tertiary/aromatic N) is 1. The average molecular weight is 407 g/mol. The van der Waals surface area contributed by atoms with Crippen molar-refractivity contribution in [2.75, 3.05) is 26.2 Å². The van der Waals surface area contributed by atoms with Gasteiger partial charge in [0.2, 0.25) is 0 Å². The standard InChI is InChI=1S/C15H25N3O2.HI/c1-4-16-15(17-8-9-19)18-11-13(3)20-14-7-5-6-12(2)10-14;/h5-7,10,13,19H,4,8-9,11H2,1-3H3,(H2,16,17,18);1H. The number of aliphatic imine (C=N–C) groups is 1. The first kappa shape index (κ1) is 20.0. The van der Waals surface area contributed by atoms with E-state index < -0.39 is 0 Å². The lowest BCUT2D eigenvalue weighted by atomic mass is 10.2. The Bertz CT molecular complexity index is 427. The summed E-state index contributed by atoms with van der Waals surface area (Å²) in [5.41, 5.74) is 1.18. The van der Waals surface area contributed by atoms with E-state index in [9.17, 15) is 0 Å². The van der Waals surface area contributed by atoms with Gasteiger partial charge >= 0.3 is 0 Å². The van der Waals surface area contributed by atoms with Crippen molar-refractivity contribution in [2.45, 2.75) is 26.9 Å². The van der Waals surface area contributed by atoms with E-state index in [-0.39, 0.29) is 36.7 Å².